The van der Waals surface area contributed by atoms with E-state index in [1.807, 2.05) is 4.90 Å². The fraction of sp³-hybridized carbons (Fsp3) is 0.643. The molecule has 0 aromatic carbocycles. The van der Waals surface area contributed by atoms with Crippen LogP contribution in [0.2, 0.25) is 0 Å². The van der Waals surface area contributed by atoms with Crippen LogP contribution in [0.25, 0.3) is 0 Å². The van der Waals surface area contributed by atoms with Gasteiger partial charge in [0.2, 0.25) is 5.91 Å². The van der Waals surface area contributed by atoms with Crippen LogP contribution in [-0.2, 0) is 4.79 Å². The third-order valence-corrected chi connectivity index (χ3v) is 4.25. The summed E-state index contributed by atoms with van der Waals surface area (Å²) >= 11 is 0. The van der Waals surface area contributed by atoms with Gasteiger partial charge in [-0.3, -0.25) is 9.48 Å². The molecule has 106 valence electrons. The number of piperidine rings is 1. The maximum Gasteiger partial charge on any atom is 0.227 e. The van der Waals surface area contributed by atoms with E-state index in [4.69, 9.17) is 5.26 Å². The number of aromatic nitrogens is 2. The maximum atomic E-state index is 12.4. The summed E-state index contributed by atoms with van der Waals surface area (Å²) < 4.78 is 1.80. The molecule has 1 unspecified atom stereocenters. The van der Waals surface area contributed by atoms with Crippen molar-refractivity contribution in [1.29, 1.82) is 5.26 Å². The summed E-state index contributed by atoms with van der Waals surface area (Å²) in [6.07, 6.45) is 5.43. The number of nitrogens with zero attached hydrogens (tertiary/aromatic N) is 5. The molecule has 2 saturated heterocycles. The molecule has 6 heteroatoms. The van der Waals surface area contributed by atoms with Gasteiger partial charge in [-0.1, -0.05) is 0 Å². The first-order valence-electron chi connectivity index (χ1n) is 7.09. The first kappa shape index (κ1) is 13.1. The number of amides is 1. The summed E-state index contributed by atoms with van der Waals surface area (Å²) in [6, 6.07) is 2.30. The lowest BCUT2D eigenvalue weighted by molar-refractivity contribution is -0.143. The molecule has 1 atom stereocenters. The van der Waals surface area contributed by atoms with E-state index in [0.717, 1.165) is 25.9 Å². The molecule has 0 saturated carbocycles. The van der Waals surface area contributed by atoms with Crippen LogP contribution in [0.15, 0.2) is 12.4 Å². The van der Waals surface area contributed by atoms with Gasteiger partial charge in [0.05, 0.1) is 23.7 Å². The van der Waals surface area contributed by atoms with Crippen LogP contribution >= 0.6 is 0 Å². The summed E-state index contributed by atoms with van der Waals surface area (Å²) in [5, 5.41) is 13.0. The standard InChI is InChI=1S/C14H19N5O/c1-17-4-2-3-12(8-17)14(20)18-9-13(10-18)19-7-11(5-15)6-16-19/h6-7,12-13H,2-4,8-10H2,1H3. The number of rotatable bonds is 2. The molecular weight excluding hydrogens is 254 g/mol. The van der Waals surface area contributed by atoms with Gasteiger partial charge in [0.1, 0.15) is 6.07 Å². The second kappa shape index (κ2) is 5.25. The van der Waals surface area contributed by atoms with Crippen LogP contribution in [0.5, 0.6) is 0 Å². The van der Waals surface area contributed by atoms with Gasteiger partial charge in [-0.15, -0.1) is 0 Å². The van der Waals surface area contributed by atoms with Crippen molar-refractivity contribution in [2.75, 3.05) is 33.2 Å². The maximum absolute atomic E-state index is 12.4. The Balaban J connectivity index is 1.54. The van der Waals surface area contributed by atoms with Crippen LogP contribution in [0.3, 0.4) is 0 Å². The topological polar surface area (TPSA) is 65.2 Å². The van der Waals surface area contributed by atoms with Crippen LogP contribution < -0.4 is 0 Å². The molecule has 20 heavy (non-hydrogen) atoms. The van der Waals surface area contributed by atoms with Gasteiger partial charge in [0, 0.05) is 25.8 Å². The van der Waals surface area contributed by atoms with Gasteiger partial charge < -0.3 is 9.80 Å². The van der Waals surface area contributed by atoms with Crippen molar-refractivity contribution in [2.45, 2.75) is 18.9 Å². The number of likely N-dealkylation sites (tertiary alicyclic amines) is 2. The molecule has 1 aromatic heterocycles. The Morgan fingerprint density at radius 1 is 1.45 bits per heavy atom. The minimum atomic E-state index is 0.155. The molecule has 3 heterocycles. The van der Waals surface area contributed by atoms with E-state index in [1.54, 1.807) is 17.1 Å². The zero-order valence-electron chi connectivity index (χ0n) is 11.7. The molecule has 2 aliphatic rings. The Labute approximate surface area is 118 Å². The Bertz CT molecular complexity index is 540. The monoisotopic (exact) mass is 273 g/mol. The number of hydrogen-bond acceptors (Lipinski definition) is 4. The molecule has 0 bridgehead atoms. The summed E-state index contributed by atoms with van der Waals surface area (Å²) in [6.45, 7) is 3.40. The lowest BCUT2D eigenvalue weighted by atomic mass is 9.95. The molecule has 2 fully saturated rings. The Morgan fingerprint density at radius 3 is 2.90 bits per heavy atom. The molecule has 1 amide bonds. The first-order valence-corrected chi connectivity index (χ1v) is 7.09. The van der Waals surface area contributed by atoms with E-state index >= 15 is 0 Å². The number of nitriles is 1. The molecule has 3 rings (SSSR count). The van der Waals surface area contributed by atoms with Gasteiger partial charge in [-0.05, 0) is 26.4 Å². The SMILES string of the molecule is CN1CCCC(C(=O)N2CC(n3cc(C#N)cn3)C2)C1. The van der Waals surface area contributed by atoms with Gasteiger partial charge >= 0.3 is 0 Å². The Hall–Kier alpha value is -1.87. The minimum Gasteiger partial charge on any atom is -0.338 e. The van der Waals surface area contributed by atoms with E-state index in [2.05, 4.69) is 23.1 Å². The average molecular weight is 273 g/mol. The van der Waals surface area contributed by atoms with Crippen molar-refractivity contribution < 1.29 is 4.79 Å². The lowest BCUT2D eigenvalue weighted by Crippen LogP contribution is -2.54. The molecule has 0 radical (unpaired) electrons. The van der Waals surface area contributed by atoms with Crippen molar-refractivity contribution in [2.24, 2.45) is 5.92 Å². The van der Waals surface area contributed by atoms with E-state index in [9.17, 15) is 4.79 Å². The zero-order valence-corrected chi connectivity index (χ0v) is 11.7. The molecule has 0 spiro atoms. The van der Waals surface area contributed by atoms with E-state index in [-0.39, 0.29) is 17.9 Å². The predicted molar refractivity (Wildman–Crippen MR) is 72.8 cm³/mol. The quantitative estimate of drug-likeness (QED) is 0.786. The smallest absolute Gasteiger partial charge is 0.227 e. The summed E-state index contributed by atoms with van der Waals surface area (Å²) in [5.41, 5.74) is 0.573. The predicted octanol–water partition coefficient (Wildman–Crippen LogP) is 0.480. The van der Waals surface area contributed by atoms with Crippen molar-refractivity contribution in [3.63, 3.8) is 0 Å². The zero-order chi connectivity index (χ0) is 14.1. The lowest BCUT2D eigenvalue weighted by Gasteiger charge is -2.42. The molecule has 0 aliphatic carbocycles. The Morgan fingerprint density at radius 2 is 2.25 bits per heavy atom. The molecule has 2 aliphatic heterocycles. The van der Waals surface area contributed by atoms with Crippen molar-refractivity contribution in [3.05, 3.63) is 18.0 Å². The second-order valence-electron chi connectivity index (χ2n) is 5.82. The highest BCUT2D eigenvalue weighted by Gasteiger charge is 2.36. The van der Waals surface area contributed by atoms with Crippen molar-refractivity contribution >= 4 is 5.91 Å². The Kier molecular flexibility index (Phi) is 3.45. The highest BCUT2D eigenvalue weighted by Crippen LogP contribution is 2.25. The fourth-order valence-corrected chi connectivity index (χ4v) is 3.02. The van der Waals surface area contributed by atoms with E-state index in [0.29, 0.717) is 18.7 Å². The van der Waals surface area contributed by atoms with Crippen LogP contribution in [0, 0.1) is 17.2 Å². The summed E-state index contributed by atoms with van der Waals surface area (Å²) in [7, 11) is 2.07. The molecular formula is C14H19N5O. The highest BCUT2D eigenvalue weighted by molar-refractivity contribution is 5.80. The largest absolute Gasteiger partial charge is 0.338 e. The van der Waals surface area contributed by atoms with E-state index in [1.165, 1.54) is 0 Å². The van der Waals surface area contributed by atoms with E-state index < -0.39 is 0 Å². The van der Waals surface area contributed by atoms with Crippen LogP contribution in [0.4, 0.5) is 0 Å². The number of carbonyl (C=O) groups excluding carboxylic acids is 1. The fourth-order valence-electron chi connectivity index (χ4n) is 3.02. The summed E-state index contributed by atoms with van der Waals surface area (Å²) in [4.78, 5) is 16.5. The molecule has 6 nitrogen and oxygen atoms in total. The average Bonchev–Trinajstić information content (AvgIpc) is 2.85. The summed E-state index contributed by atoms with van der Waals surface area (Å²) in [5.74, 6) is 0.433. The minimum absolute atomic E-state index is 0.155. The molecule has 1 aromatic rings. The van der Waals surface area contributed by atoms with Gasteiger partial charge in [-0.25, -0.2) is 0 Å². The number of hydrogen-bond donors (Lipinski definition) is 0. The van der Waals surface area contributed by atoms with Crippen molar-refractivity contribution in [1.82, 2.24) is 19.6 Å². The van der Waals surface area contributed by atoms with Crippen LogP contribution in [-0.4, -0.2) is 58.7 Å². The third-order valence-electron chi connectivity index (χ3n) is 4.25. The number of carbonyl (C=O) groups is 1. The highest BCUT2D eigenvalue weighted by atomic mass is 16.2. The third kappa shape index (κ3) is 2.41. The second-order valence-corrected chi connectivity index (χ2v) is 5.82. The van der Waals surface area contributed by atoms with Crippen LogP contribution in [0.1, 0.15) is 24.4 Å². The van der Waals surface area contributed by atoms with Gasteiger partial charge in [0.25, 0.3) is 0 Å². The first-order chi connectivity index (χ1) is 9.67. The normalized spacial score (nSPS) is 24.2. The van der Waals surface area contributed by atoms with Crippen molar-refractivity contribution in [3.8, 4) is 6.07 Å². The van der Waals surface area contributed by atoms with Gasteiger partial charge in [0.15, 0.2) is 0 Å². The molecule has 0 N–H and O–H groups in total. The van der Waals surface area contributed by atoms with Gasteiger partial charge in [-0.2, -0.15) is 10.4 Å².